The van der Waals surface area contributed by atoms with Gasteiger partial charge in [-0.2, -0.15) is 5.26 Å². The molecule has 0 saturated heterocycles. The first kappa shape index (κ1) is 21.2. The van der Waals surface area contributed by atoms with Gasteiger partial charge in [0.15, 0.2) is 0 Å². The normalized spacial score (nSPS) is 18.6. The maximum absolute atomic E-state index is 13.1. The van der Waals surface area contributed by atoms with Crippen LogP contribution in [0.5, 0.6) is 0 Å². The van der Waals surface area contributed by atoms with Gasteiger partial charge in [-0.3, -0.25) is 0 Å². The van der Waals surface area contributed by atoms with E-state index in [9.17, 15) is 4.39 Å². The largest absolute Gasteiger partial charge is 0.441 e. The van der Waals surface area contributed by atoms with Crippen molar-refractivity contribution >= 4 is 0 Å². The van der Waals surface area contributed by atoms with Gasteiger partial charge in [0.1, 0.15) is 17.3 Å². The van der Waals surface area contributed by atoms with E-state index in [1.807, 2.05) is 31.2 Å². The molecule has 0 N–H and O–H groups in total. The van der Waals surface area contributed by atoms with Crippen LogP contribution in [0.2, 0.25) is 0 Å². The van der Waals surface area contributed by atoms with Crippen LogP contribution < -0.4 is 0 Å². The summed E-state index contributed by atoms with van der Waals surface area (Å²) in [7, 11) is 0. The summed E-state index contributed by atoms with van der Waals surface area (Å²) in [5, 5.41) is 8.89. The molecule has 0 aliphatic heterocycles. The van der Waals surface area contributed by atoms with E-state index >= 15 is 0 Å². The zero-order chi connectivity index (χ0) is 21.6. The smallest absolute Gasteiger partial charge is 0.226 e. The number of oxazole rings is 1. The van der Waals surface area contributed by atoms with Crippen molar-refractivity contribution in [3.63, 3.8) is 0 Å². The lowest BCUT2D eigenvalue weighted by Gasteiger charge is -2.29. The number of aryl methyl sites for hydroxylation is 1. The molecule has 2 atom stereocenters. The Hall–Kier alpha value is -3.01. The lowest BCUT2D eigenvalue weighted by atomic mass is 9.95. The van der Waals surface area contributed by atoms with E-state index < -0.39 is 0 Å². The summed E-state index contributed by atoms with van der Waals surface area (Å²) in [5.74, 6) is 0.899. The molecule has 1 saturated carbocycles. The molecule has 31 heavy (non-hydrogen) atoms. The molecule has 1 aliphatic rings. The topological polar surface area (TPSA) is 68.3 Å². The van der Waals surface area contributed by atoms with E-state index in [4.69, 9.17) is 19.2 Å². The van der Waals surface area contributed by atoms with Gasteiger partial charge in [-0.05, 0) is 74.6 Å². The average Bonchev–Trinajstić information content (AvgIpc) is 3.18. The highest BCUT2D eigenvalue weighted by Gasteiger charge is 2.24. The summed E-state index contributed by atoms with van der Waals surface area (Å²) >= 11 is 0. The highest BCUT2D eigenvalue weighted by atomic mass is 19.1. The van der Waals surface area contributed by atoms with Crippen molar-refractivity contribution < 1.29 is 18.3 Å². The first-order chi connectivity index (χ1) is 15.1. The van der Waals surface area contributed by atoms with Crippen LogP contribution >= 0.6 is 0 Å². The maximum Gasteiger partial charge on any atom is 0.226 e. The van der Waals surface area contributed by atoms with Crippen LogP contribution in [0, 0.1) is 24.1 Å². The van der Waals surface area contributed by atoms with E-state index in [-0.39, 0.29) is 18.0 Å². The summed E-state index contributed by atoms with van der Waals surface area (Å²) in [6.45, 7) is 2.78. The SMILES string of the molecule is Cc1oc(-c2ccc(F)cc2)nc1CO[C@@H]1CCC[C@H](OCc2ccc(C#N)cc2)C1. The third-order valence-corrected chi connectivity index (χ3v) is 5.59. The Morgan fingerprint density at radius 1 is 1.03 bits per heavy atom. The number of hydrogen-bond donors (Lipinski definition) is 0. The van der Waals surface area contributed by atoms with E-state index in [1.165, 1.54) is 12.1 Å². The third-order valence-electron chi connectivity index (χ3n) is 5.59. The highest BCUT2D eigenvalue weighted by molar-refractivity contribution is 5.53. The van der Waals surface area contributed by atoms with Crippen LogP contribution in [0.15, 0.2) is 52.9 Å². The molecule has 0 bridgehead atoms. The van der Waals surface area contributed by atoms with Gasteiger partial charge in [-0.15, -0.1) is 0 Å². The standard InChI is InChI=1S/C25H25FN2O3/c1-17-24(28-25(31-17)20-9-11-21(26)12-10-20)16-30-23-4-2-3-22(13-23)29-15-19-7-5-18(14-27)6-8-19/h5-12,22-23H,2-4,13,15-16H2,1H3/t22-,23+/m0/s1. The van der Waals surface area contributed by atoms with Gasteiger partial charge in [0, 0.05) is 5.56 Å². The Morgan fingerprint density at radius 3 is 2.39 bits per heavy atom. The second kappa shape index (κ2) is 9.86. The first-order valence-electron chi connectivity index (χ1n) is 10.5. The molecule has 2 aromatic carbocycles. The lowest BCUT2D eigenvalue weighted by Crippen LogP contribution is -2.28. The summed E-state index contributed by atoms with van der Waals surface area (Å²) in [6, 6.07) is 15.7. The van der Waals surface area contributed by atoms with Crippen molar-refractivity contribution in [1.82, 2.24) is 4.98 Å². The fourth-order valence-corrected chi connectivity index (χ4v) is 3.77. The molecule has 1 fully saturated rings. The van der Waals surface area contributed by atoms with E-state index in [0.717, 1.165) is 42.5 Å². The van der Waals surface area contributed by atoms with Gasteiger partial charge in [-0.25, -0.2) is 9.37 Å². The molecule has 0 spiro atoms. The van der Waals surface area contributed by atoms with Crippen molar-refractivity contribution in [2.45, 2.75) is 58.0 Å². The molecular formula is C25H25FN2O3. The molecule has 4 rings (SSSR count). The Balaban J connectivity index is 1.28. The van der Waals surface area contributed by atoms with Crippen molar-refractivity contribution in [1.29, 1.82) is 5.26 Å². The van der Waals surface area contributed by atoms with E-state index in [1.54, 1.807) is 12.1 Å². The van der Waals surface area contributed by atoms with Crippen molar-refractivity contribution in [2.75, 3.05) is 0 Å². The van der Waals surface area contributed by atoms with Gasteiger partial charge >= 0.3 is 0 Å². The van der Waals surface area contributed by atoms with Crippen molar-refractivity contribution in [3.05, 3.63) is 76.9 Å². The summed E-state index contributed by atoms with van der Waals surface area (Å²) in [6.07, 6.45) is 4.19. The van der Waals surface area contributed by atoms with Crippen LogP contribution in [-0.2, 0) is 22.7 Å². The summed E-state index contributed by atoms with van der Waals surface area (Å²) in [4.78, 5) is 4.53. The molecule has 3 aromatic rings. The van der Waals surface area contributed by atoms with Crippen LogP contribution in [-0.4, -0.2) is 17.2 Å². The highest BCUT2D eigenvalue weighted by Crippen LogP contribution is 2.27. The molecule has 1 heterocycles. The predicted octanol–water partition coefficient (Wildman–Crippen LogP) is 5.71. The zero-order valence-electron chi connectivity index (χ0n) is 17.5. The van der Waals surface area contributed by atoms with Crippen molar-refractivity contribution in [3.8, 4) is 17.5 Å². The quantitative estimate of drug-likeness (QED) is 0.490. The van der Waals surface area contributed by atoms with Gasteiger partial charge < -0.3 is 13.9 Å². The number of aromatic nitrogens is 1. The Bertz CT molecular complexity index is 1040. The minimum absolute atomic E-state index is 0.116. The molecule has 5 nitrogen and oxygen atoms in total. The second-order valence-electron chi connectivity index (χ2n) is 7.87. The second-order valence-corrected chi connectivity index (χ2v) is 7.87. The number of nitrogens with zero attached hydrogens (tertiary/aromatic N) is 2. The molecule has 0 radical (unpaired) electrons. The molecule has 160 valence electrons. The minimum Gasteiger partial charge on any atom is -0.441 e. The van der Waals surface area contributed by atoms with Crippen molar-refractivity contribution in [2.24, 2.45) is 0 Å². The number of halogens is 1. The van der Waals surface area contributed by atoms with Gasteiger partial charge in [0.2, 0.25) is 5.89 Å². The molecule has 1 aliphatic carbocycles. The third kappa shape index (κ3) is 5.57. The number of nitriles is 1. The minimum atomic E-state index is -0.288. The number of hydrogen-bond acceptors (Lipinski definition) is 5. The van der Waals surface area contributed by atoms with Crippen LogP contribution in [0.25, 0.3) is 11.5 Å². The lowest BCUT2D eigenvalue weighted by molar-refractivity contribution is -0.0562. The van der Waals surface area contributed by atoms with Gasteiger partial charge in [0.25, 0.3) is 0 Å². The molecule has 0 amide bonds. The molecular weight excluding hydrogens is 395 g/mol. The fourth-order valence-electron chi connectivity index (χ4n) is 3.77. The first-order valence-corrected chi connectivity index (χ1v) is 10.5. The predicted molar refractivity (Wildman–Crippen MR) is 113 cm³/mol. The number of rotatable bonds is 7. The maximum atomic E-state index is 13.1. The number of benzene rings is 2. The Kier molecular flexibility index (Phi) is 6.76. The summed E-state index contributed by atoms with van der Waals surface area (Å²) < 4.78 is 31.1. The fraction of sp³-hybridized carbons (Fsp3) is 0.360. The van der Waals surface area contributed by atoms with E-state index in [0.29, 0.717) is 30.4 Å². The van der Waals surface area contributed by atoms with E-state index in [2.05, 4.69) is 11.1 Å². The molecule has 1 aromatic heterocycles. The summed E-state index contributed by atoms with van der Waals surface area (Å²) in [5.41, 5.74) is 3.22. The van der Waals surface area contributed by atoms with Gasteiger partial charge in [-0.1, -0.05) is 12.1 Å². The average molecular weight is 420 g/mol. The zero-order valence-corrected chi connectivity index (χ0v) is 17.5. The Labute approximate surface area is 181 Å². The van der Waals surface area contributed by atoms with Crippen LogP contribution in [0.1, 0.15) is 48.3 Å². The monoisotopic (exact) mass is 420 g/mol. The van der Waals surface area contributed by atoms with Crippen LogP contribution in [0.4, 0.5) is 4.39 Å². The molecule has 6 heteroatoms. The Morgan fingerprint density at radius 2 is 1.71 bits per heavy atom. The number of ether oxygens (including phenoxy) is 2. The van der Waals surface area contributed by atoms with Gasteiger partial charge in [0.05, 0.1) is 37.1 Å². The molecule has 0 unspecified atom stereocenters. The van der Waals surface area contributed by atoms with Crippen LogP contribution in [0.3, 0.4) is 0 Å².